The molecular weight excluding hydrogens is 388 g/mol. The molecule has 0 aromatic heterocycles. The Balaban J connectivity index is 5.06. The molecule has 171 valence electrons. The van der Waals surface area contributed by atoms with Crippen molar-refractivity contribution in [3.63, 3.8) is 0 Å². The van der Waals surface area contributed by atoms with Gasteiger partial charge in [0, 0.05) is 13.5 Å². The largest absolute Gasteiger partial charge is 0.370 e. The lowest BCUT2D eigenvalue weighted by atomic mass is 9.99. The average Bonchev–Trinajstić information content (AvgIpc) is 2.61. The predicted octanol–water partition coefficient (Wildman–Crippen LogP) is -0.0741. The molecule has 10 nitrogen and oxygen atoms in total. The van der Waals surface area contributed by atoms with Crippen LogP contribution in [0.1, 0.15) is 60.3 Å². The van der Waals surface area contributed by atoms with E-state index in [4.69, 9.17) is 11.1 Å². The Morgan fingerprint density at radius 3 is 1.87 bits per heavy atom. The summed E-state index contributed by atoms with van der Waals surface area (Å²) in [4.78, 5) is 48.1. The van der Waals surface area contributed by atoms with Gasteiger partial charge in [-0.3, -0.25) is 24.6 Å². The van der Waals surface area contributed by atoms with E-state index < -0.39 is 29.9 Å². The molecule has 0 rings (SSSR count). The fraction of sp³-hybridized carbons (Fsp3) is 0.750. The van der Waals surface area contributed by atoms with Gasteiger partial charge in [0.1, 0.15) is 12.1 Å². The number of rotatable bonds is 14. The lowest BCUT2D eigenvalue weighted by Crippen LogP contribution is -2.55. The number of nitrogens with two attached hydrogens (primary N) is 1. The standard InChI is InChI=1S/C20H37N6O4/c1-12(2)9-16(24-14(5)28)19(30)26-17(10-13(3)4)18(29)25-15(11-27)7-6-8-23-20(21)22/h12-13,15-17H,6-10H2,1-5H3,(H,24,28)(H,25,29)(H,26,30)(H4,21,22,23)/t15-,16-,17-/m0/s1. The van der Waals surface area contributed by atoms with Crippen LogP contribution >= 0.6 is 0 Å². The van der Waals surface area contributed by atoms with Crippen LogP contribution in [0.25, 0.3) is 0 Å². The molecule has 1 radical (unpaired) electrons. The molecule has 0 unspecified atom stereocenters. The van der Waals surface area contributed by atoms with Gasteiger partial charge in [-0.25, -0.2) is 0 Å². The summed E-state index contributed by atoms with van der Waals surface area (Å²) in [6.45, 7) is 9.44. The van der Waals surface area contributed by atoms with Crippen LogP contribution < -0.4 is 27.0 Å². The third-order valence-corrected chi connectivity index (χ3v) is 4.18. The van der Waals surface area contributed by atoms with E-state index >= 15 is 0 Å². The molecule has 0 aromatic rings. The van der Waals surface area contributed by atoms with E-state index in [9.17, 15) is 19.2 Å². The molecular formula is C20H37N6O4. The lowest BCUT2D eigenvalue weighted by molar-refractivity contribution is -0.132. The van der Waals surface area contributed by atoms with Gasteiger partial charge in [0.05, 0.1) is 6.04 Å². The highest BCUT2D eigenvalue weighted by Gasteiger charge is 2.28. The first-order valence-electron chi connectivity index (χ1n) is 10.3. The van der Waals surface area contributed by atoms with Crippen LogP contribution in [-0.2, 0) is 19.2 Å². The Morgan fingerprint density at radius 2 is 1.43 bits per heavy atom. The number of carbonyl (C=O) groups is 3. The van der Waals surface area contributed by atoms with Gasteiger partial charge in [-0.05, 0) is 37.5 Å². The van der Waals surface area contributed by atoms with Crippen LogP contribution in [-0.4, -0.2) is 54.6 Å². The van der Waals surface area contributed by atoms with Crippen LogP contribution in [0.3, 0.4) is 0 Å². The van der Waals surface area contributed by atoms with Crippen molar-refractivity contribution in [3.05, 3.63) is 0 Å². The fourth-order valence-electron chi connectivity index (χ4n) is 2.89. The van der Waals surface area contributed by atoms with Crippen LogP contribution in [0, 0.1) is 17.2 Å². The Labute approximate surface area is 179 Å². The van der Waals surface area contributed by atoms with E-state index in [0.717, 1.165) is 0 Å². The van der Waals surface area contributed by atoms with E-state index in [2.05, 4.69) is 21.3 Å². The van der Waals surface area contributed by atoms with E-state index in [1.807, 2.05) is 27.7 Å². The maximum absolute atomic E-state index is 12.7. The van der Waals surface area contributed by atoms with Crippen molar-refractivity contribution in [1.29, 1.82) is 5.41 Å². The molecule has 3 atom stereocenters. The summed E-state index contributed by atoms with van der Waals surface area (Å²) in [5.41, 5.74) is 5.20. The molecule has 30 heavy (non-hydrogen) atoms. The summed E-state index contributed by atoms with van der Waals surface area (Å²) in [7, 11) is 0. The summed E-state index contributed by atoms with van der Waals surface area (Å²) in [5, 5.41) is 17.7. The third-order valence-electron chi connectivity index (χ3n) is 4.18. The maximum atomic E-state index is 12.7. The molecule has 0 spiro atoms. The zero-order chi connectivity index (χ0) is 23.3. The summed E-state index contributed by atoms with van der Waals surface area (Å²) < 4.78 is 0. The monoisotopic (exact) mass is 425 g/mol. The van der Waals surface area contributed by atoms with Crippen molar-refractivity contribution in [2.45, 2.75) is 78.4 Å². The number of hydrogen-bond donors (Lipinski definition) is 6. The molecule has 3 amide bonds. The molecule has 0 aliphatic carbocycles. The second-order valence-electron chi connectivity index (χ2n) is 8.24. The van der Waals surface area contributed by atoms with E-state index in [0.29, 0.717) is 32.2 Å². The normalized spacial score (nSPS) is 13.8. The van der Waals surface area contributed by atoms with E-state index in [1.54, 1.807) is 6.29 Å². The molecule has 0 fully saturated rings. The molecule has 0 aliphatic rings. The summed E-state index contributed by atoms with van der Waals surface area (Å²) in [5.74, 6) is -1.12. The van der Waals surface area contributed by atoms with Gasteiger partial charge in [0.15, 0.2) is 5.96 Å². The van der Waals surface area contributed by atoms with Gasteiger partial charge >= 0.3 is 0 Å². The van der Waals surface area contributed by atoms with Gasteiger partial charge in [-0.1, -0.05) is 27.7 Å². The summed E-state index contributed by atoms with van der Waals surface area (Å²) in [6, 6.07) is -2.41. The first-order valence-corrected chi connectivity index (χ1v) is 10.3. The maximum Gasteiger partial charge on any atom is 0.243 e. The van der Waals surface area contributed by atoms with Crippen molar-refractivity contribution in [1.82, 2.24) is 21.3 Å². The van der Waals surface area contributed by atoms with E-state index in [-0.39, 0.29) is 23.7 Å². The molecule has 10 heteroatoms. The number of guanidine groups is 1. The van der Waals surface area contributed by atoms with Crippen LogP contribution in [0.4, 0.5) is 0 Å². The number of hydrogen-bond acceptors (Lipinski definition) is 5. The Kier molecular flexibility index (Phi) is 13.1. The van der Waals surface area contributed by atoms with Crippen molar-refractivity contribution in [3.8, 4) is 0 Å². The van der Waals surface area contributed by atoms with Crippen LogP contribution in [0.15, 0.2) is 0 Å². The van der Waals surface area contributed by atoms with Crippen LogP contribution in [0.5, 0.6) is 0 Å². The van der Waals surface area contributed by atoms with Crippen molar-refractivity contribution in [2.24, 2.45) is 17.6 Å². The molecule has 0 aliphatic heterocycles. The van der Waals surface area contributed by atoms with Crippen molar-refractivity contribution >= 4 is 30.0 Å². The highest BCUT2D eigenvalue weighted by Crippen LogP contribution is 2.09. The van der Waals surface area contributed by atoms with Gasteiger partial charge in [-0.2, -0.15) is 0 Å². The summed E-state index contributed by atoms with van der Waals surface area (Å²) >= 11 is 0. The first kappa shape index (κ1) is 27.4. The first-order chi connectivity index (χ1) is 14.0. The molecule has 0 saturated heterocycles. The lowest BCUT2D eigenvalue weighted by Gasteiger charge is -2.25. The fourth-order valence-corrected chi connectivity index (χ4v) is 2.89. The predicted molar refractivity (Wildman–Crippen MR) is 115 cm³/mol. The molecule has 0 saturated carbocycles. The van der Waals surface area contributed by atoms with Crippen molar-refractivity contribution < 1.29 is 19.2 Å². The number of amides is 3. The van der Waals surface area contributed by atoms with Gasteiger partial charge in [-0.15, -0.1) is 0 Å². The minimum atomic E-state index is -0.841. The average molecular weight is 426 g/mol. The molecule has 0 bridgehead atoms. The SMILES string of the molecule is CC(=O)N[C@@H](CC(C)C)C(=O)N[C@@H](CC(C)C)C(=O)N[C@H]([C]=O)CCCNC(=N)N. The minimum absolute atomic E-state index is 0.115. The third kappa shape index (κ3) is 12.7. The van der Waals surface area contributed by atoms with Gasteiger partial charge in [0.25, 0.3) is 0 Å². The zero-order valence-electron chi connectivity index (χ0n) is 18.6. The quantitative estimate of drug-likeness (QED) is 0.129. The Morgan fingerprint density at radius 1 is 0.933 bits per heavy atom. The molecule has 0 aromatic carbocycles. The Hall–Kier alpha value is -2.65. The van der Waals surface area contributed by atoms with Crippen molar-refractivity contribution in [2.75, 3.05) is 6.54 Å². The van der Waals surface area contributed by atoms with Gasteiger partial charge < -0.3 is 27.0 Å². The number of nitrogens with one attached hydrogen (secondary N) is 5. The zero-order valence-corrected chi connectivity index (χ0v) is 18.6. The highest BCUT2D eigenvalue weighted by atomic mass is 16.2. The van der Waals surface area contributed by atoms with E-state index in [1.165, 1.54) is 6.92 Å². The minimum Gasteiger partial charge on any atom is -0.370 e. The molecule has 0 heterocycles. The molecule has 7 N–H and O–H groups in total. The van der Waals surface area contributed by atoms with Crippen LogP contribution in [0.2, 0.25) is 0 Å². The smallest absolute Gasteiger partial charge is 0.243 e. The van der Waals surface area contributed by atoms with Gasteiger partial charge in [0.2, 0.25) is 24.0 Å². The second kappa shape index (κ2) is 14.4. The second-order valence-corrected chi connectivity index (χ2v) is 8.24. The topological polar surface area (TPSA) is 166 Å². The highest BCUT2D eigenvalue weighted by molar-refractivity contribution is 5.92. The summed E-state index contributed by atoms with van der Waals surface area (Å²) in [6.07, 6.45) is 3.43. The number of carbonyl (C=O) groups excluding carboxylic acids is 4. The Bertz CT molecular complexity index is 594.